The Morgan fingerprint density at radius 2 is 2.00 bits per heavy atom. The maximum absolute atomic E-state index is 13.9. The summed E-state index contributed by atoms with van der Waals surface area (Å²) >= 11 is 0. The number of benzene rings is 1. The van der Waals surface area contributed by atoms with Crippen LogP contribution in [0.1, 0.15) is 38.3 Å². The summed E-state index contributed by atoms with van der Waals surface area (Å²) in [5.74, 6) is 1.17. The van der Waals surface area contributed by atoms with Gasteiger partial charge in [0.25, 0.3) is 0 Å². The summed E-state index contributed by atoms with van der Waals surface area (Å²) in [5, 5.41) is 6.55. The zero-order valence-corrected chi connectivity index (χ0v) is 19.7. The van der Waals surface area contributed by atoms with Crippen molar-refractivity contribution in [2.75, 3.05) is 40.4 Å². The summed E-state index contributed by atoms with van der Waals surface area (Å²) in [6.45, 7) is 10.6. The third kappa shape index (κ3) is 12.2. The Labute approximate surface area is 181 Å². The van der Waals surface area contributed by atoms with Gasteiger partial charge in [-0.3, -0.25) is 0 Å². The summed E-state index contributed by atoms with van der Waals surface area (Å²) in [7, 11) is 3.87. The first-order chi connectivity index (χ1) is 12.4. The van der Waals surface area contributed by atoms with Crippen LogP contribution in [-0.4, -0.2) is 51.3 Å². The predicted octanol–water partition coefficient (Wildman–Crippen LogP) is 3.62. The van der Waals surface area contributed by atoms with E-state index in [1.807, 2.05) is 32.0 Å². The predicted molar refractivity (Wildman–Crippen MR) is 122 cm³/mol. The molecule has 0 aliphatic carbocycles. The quantitative estimate of drug-likeness (QED) is 0.214. The maximum atomic E-state index is 13.9. The van der Waals surface area contributed by atoms with Gasteiger partial charge in [0.15, 0.2) is 5.96 Å². The Morgan fingerprint density at radius 1 is 1.26 bits per heavy atom. The van der Waals surface area contributed by atoms with Gasteiger partial charge in [0, 0.05) is 38.4 Å². The molecule has 0 aromatic heterocycles. The number of guanidine groups is 1. The maximum Gasteiger partial charge on any atom is 0.191 e. The van der Waals surface area contributed by atoms with Crippen molar-refractivity contribution in [1.29, 1.82) is 0 Å². The average molecular weight is 494 g/mol. The van der Waals surface area contributed by atoms with Crippen molar-refractivity contribution < 1.29 is 9.13 Å². The number of halogens is 2. The van der Waals surface area contributed by atoms with E-state index in [9.17, 15) is 4.39 Å². The molecule has 0 aliphatic rings. The van der Waals surface area contributed by atoms with Gasteiger partial charge in [0.2, 0.25) is 0 Å². The number of rotatable bonds is 11. The van der Waals surface area contributed by atoms with Crippen molar-refractivity contribution in [3.8, 4) is 0 Å². The number of hydrogen-bond acceptors (Lipinski definition) is 3. The van der Waals surface area contributed by atoms with E-state index in [4.69, 9.17) is 4.74 Å². The van der Waals surface area contributed by atoms with Crippen molar-refractivity contribution in [1.82, 2.24) is 15.5 Å². The molecular formula is C20H36FIN4O. The van der Waals surface area contributed by atoms with Crippen LogP contribution in [0.5, 0.6) is 0 Å². The lowest BCUT2D eigenvalue weighted by Crippen LogP contribution is -2.38. The number of ether oxygens (including phenoxy) is 1. The first-order valence-electron chi connectivity index (χ1n) is 9.44. The molecule has 0 heterocycles. The van der Waals surface area contributed by atoms with E-state index >= 15 is 0 Å². The van der Waals surface area contributed by atoms with Crippen LogP contribution in [0.2, 0.25) is 0 Å². The summed E-state index contributed by atoms with van der Waals surface area (Å²) in [6.07, 6.45) is 0.931. The van der Waals surface area contributed by atoms with E-state index in [0.717, 1.165) is 44.2 Å². The highest BCUT2D eigenvalue weighted by Gasteiger charge is 2.05. The molecule has 5 nitrogen and oxygen atoms in total. The second-order valence-electron chi connectivity index (χ2n) is 7.11. The molecule has 156 valence electrons. The Kier molecular flexibility index (Phi) is 14.5. The third-order valence-electron chi connectivity index (χ3n) is 3.57. The SMILES string of the molecule is CCNC(=NCc1ccc(F)c(CN(C)C)c1)NCCCOCC(C)C.I. The molecule has 0 unspecified atom stereocenters. The lowest BCUT2D eigenvalue weighted by molar-refractivity contribution is 0.108. The van der Waals surface area contributed by atoms with Gasteiger partial charge < -0.3 is 20.3 Å². The number of nitrogens with zero attached hydrogens (tertiary/aromatic N) is 2. The Morgan fingerprint density at radius 3 is 2.63 bits per heavy atom. The van der Waals surface area contributed by atoms with Gasteiger partial charge in [0.05, 0.1) is 6.54 Å². The summed E-state index contributed by atoms with van der Waals surface area (Å²) < 4.78 is 19.5. The van der Waals surface area contributed by atoms with E-state index in [-0.39, 0.29) is 29.8 Å². The van der Waals surface area contributed by atoms with E-state index in [1.165, 1.54) is 6.07 Å². The second kappa shape index (κ2) is 15.0. The van der Waals surface area contributed by atoms with Crippen LogP contribution < -0.4 is 10.6 Å². The summed E-state index contributed by atoms with van der Waals surface area (Å²) in [4.78, 5) is 6.55. The molecule has 0 spiro atoms. The van der Waals surface area contributed by atoms with Gasteiger partial charge in [-0.25, -0.2) is 9.38 Å². The van der Waals surface area contributed by atoms with Gasteiger partial charge in [-0.05, 0) is 51.1 Å². The highest BCUT2D eigenvalue weighted by molar-refractivity contribution is 14.0. The van der Waals surface area contributed by atoms with E-state index in [0.29, 0.717) is 24.6 Å². The lowest BCUT2D eigenvalue weighted by Gasteiger charge is -2.13. The van der Waals surface area contributed by atoms with Crippen molar-refractivity contribution in [3.05, 3.63) is 35.1 Å². The second-order valence-corrected chi connectivity index (χ2v) is 7.11. The average Bonchev–Trinajstić information content (AvgIpc) is 2.57. The molecule has 0 fully saturated rings. The Hall–Kier alpha value is -0.930. The van der Waals surface area contributed by atoms with Gasteiger partial charge in [-0.15, -0.1) is 24.0 Å². The topological polar surface area (TPSA) is 48.9 Å². The molecule has 0 radical (unpaired) electrons. The first-order valence-corrected chi connectivity index (χ1v) is 9.44. The molecule has 0 saturated heterocycles. The van der Waals surface area contributed by atoms with Crippen LogP contribution in [0.3, 0.4) is 0 Å². The van der Waals surface area contributed by atoms with Crippen molar-refractivity contribution in [2.45, 2.75) is 40.3 Å². The van der Waals surface area contributed by atoms with Gasteiger partial charge in [0.1, 0.15) is 5.82 Å². The van der Waals surface area contributed by atoms with E-state index in [2.05, 4.69) is 29.5 Å². The molecule has 2 N–H and O–H groups in total. The molecule has 0 bridgehead atoms. The third-order valence-corrected chi connectivity index (χ3v) is 3.57. The highest BCUT2D eigenvalue weighted by Crippen LogP contribution is 2.13. The lowest BCUT2D eigenvalue weighted by atomic mass is 10.1. The smallest absolute Gasteiger partial charge is 0.191 e. The first kappa shape index (κ1) is 26.1. The Balaban J connectivity index is 0.00000676. The number of hydrogen-bond donors (Lipinski definition) is 2. The van der Waals surface area contributed by atoms with Crippen LogP contribution >= 0.6 is 24.0 Å². The zero-order valence-electron chi connectivity index (χ0n) is 17.3. The van der Waals surface area contributed by atoms with Crippen molar-refractivity contribution in [3.63, 3.8) is 0 Å². The van der Waals surface area contributed by atoms with E-state index < -0.39 is 0 Å². The minimum absolute atomic E-state index is 0. The zero-order chi connectivity index (χ0) is 19.4. The molecule has 0 aliphatic heterocycles. The van der Waals surface area contributed by atoms with Gasteiger partial charge in [-0.2, -0.15) is 0 Å². The highest BCUT2D eigenvalue weighted by atomic mass is 127. The van der Waals surface area contributed by atoms with Crippen LogP contribution in [-0.2, 0) is 17.8 Å². The molecule has 0 amide bonds. The fourth-order valence-corrected chi connectivity index (χ4v) is 2.40. The van der Waals surface area contributed by atoms with E-state index in [1.54, 1.807) is 6.07 Å². The molecule has 1 aromatic rings. The van der Waals surface area contributed by atoms with Crippen molar-refractivity contribution >= 4 is 29.9 Å². The fourth-order valence-electron chi connectivity index (χ4n) is 2.40. The summed E-state index contributed by atoms with van der Waals surface area (Å²) in [6, 6.07) is 5.21. The van der Waals surface area contributed by atoms with Crippen LogP contribution in [0.25, 0.3) is 0 Å². The molecule has 0 saturated carbocycles. The van der Waals surface area contributed by atoms with Gasteiger partial charge in [-0.1, -0.05) is 19.9 Å². The molecule has 7 heteroatoms. The number of nitrogens with one attached hydrogen (secondary N) is 2. The molecule has 27 heavy (non-hydrogen) atoms. The molecule has 0 atom stereocenters. The summed E-state index contributed by atoms with van der Waals surface area (Å²) in [5.41, 5.74) is 1.70. The minimum Gasteiger partial charge on any atom is -0.381 e. The number of aliphatic imine (C=N–C) groups is 1. The van der Waals surface area contributed by atoms with Crippen LogP contribution in [0.4, 0.5) is 4.39 Å². The fraction of sp³-hybridized carbons (Fsp3) is 0.650. The van der Waals surface area contributed by atoms with Crippen molar-refractivity contribution in [2.24, 2.45) is 10.9 Å². The molecule has 1 aromatic carbocycles. The standard InChI is InChI=1S/C20H35FN4O.HI/c1-6-22-20(23-10-7-11-26-15-16(2)3)24-13-17-8-9-19(21)18(12-17)14-25(4)5;/h8-9,12,16H,6-7,10-11,13-15H2,1-5H3,(H2,22,23,24);1H. The van der Waals surface area contributed by atoms with Gasteiger partial charge >= 0.3 is 0 Å². The monoisotopic (exact) mass is 494 g/mol. The normalized spacial score (nSPS) is 11.6. The minimum atomic E-state index is -0.169. The largest absolute Gasteiger partial charge is 0.381 e. The van der Waals surface area contributed by atoms with Crippen LogP contribution in [0, 0.1) is 11.7 Å². The Bertz CT molecular complexity index is 553. The molecular weight excluding hydrogens is 458 g/mol. The molecule has 1 rings (SSSR count). The van der Waals surface area contributed by atoms with Crippen LogP contribution in [0.15, 0.2) is 23.2 Å².